The SMILES string of the molecule is O=C1NC(=O)C2(CCC2)C(=O)N1C1CCc2ccccc21. The van der Waals surface area contributed by atoms with Gasteiger partial charge in [-0.2, -0.15) is 0 Å². The Kier molecular flexibility index (Phi) is 2.49. The fourth-order valence-electron chi connectivity index (χ4n) is 3.75. The van der Waals surface area contributed by atoms with Crippen molar-refractivity contribution in [1.29, 1.82) is 0 Å². The van der Waals surface area contributed by atoms with Gasteiger partial charge in [-0.15, -0.1) is 0 Å². The number of fused-ring (bicyclic) bond motifs is 1. The minimum atomic E-state index is -0.981. The van der Waals surface area contributed by atoms with Gasteiger partial charge in [-0.25, -0.2) is 4.79 Å². The summed E-state index contributed by atoms with van der Waals surface area (Å²) in [5, 5.41) is 2.39. The van der Waals surface area contributed by atoms with Crippen LogP contribution in [0.25, 0.3) is 0 Å². The molecule has 21 heavy (non-hydrogen) atoms. The van der Waals surface area contributed by atoms with Gasteiger partial charge in [0.05, 0.1) is 6.04 Å². The summed E-state index contributed by atoms with van der Waals surface area (Å²) in [5.41, 5.74) is 1.23. The summed E-state index contributed by atoms with van der Waals surface area (Å²) in [5.74, 6) is -0.713. The van der Waals surface area contributed by atoms with Crippen LogP contribution in [0.3, 0.4) is 0 Å². The highest BCUT2D eigenvalue weighted by molar-refractivity contribution is 6.19. The second-order valence-corrected chi connectivity index (χ2v) is 6.12. The predicted octanol–water partition coefficient (Wildman–Crippen LogP) is 1.92. The van der Waals surface area contributed by atoms with Crippen LogP contribution in [-0.4, -0.2) is 22.7 Å². The lowest BCUT2D eigenvalue weighted by atomic mass is 9.66. The van der Waals surface area contributed by atoms with Gasteiger partial charge in [0.15, 0.2) is 0 Å². The number of hydrogen-bond acceptors (Lipinski definition) is 3. The van der Waals surface area contributed by atoms with Crippen molar-refractivity contribution >= 4 is 17.8 Å². The van der Waals surface area contributed by atoms with Crippen molar-refractivity contribution in [3.8, 4) is 0 Å². The highest BCUT2D eigenvalue weighted by Gasteiger charge is 2.58. The zero-order valence-electron chi connectivity index (χ0n) is 11.6. The van der Waals surface area contributed by atoms with E-state index in [1.807, 2.05) is 24.3 Å². The molecular weight excluding hydrogens is 268 g/mol. The molecule has 2 aliphatic carbocycles. The summed E-state index contributed by atoms with van der Waals surface area (Å²) in [6, 6.07) is 7.09. The van der Waals surface area contributed by atoms with E-state index in [9.17, 15) is 14.4 Å². The monoisotopic (exact) mass is 284 g/mol. The maximum absolute atomic E-state index is 12.8. The summed E-state index contributed by atoms with van der Waals surface area (Å²) in [6.45, 7) is 0. The zero-order chi connectivity index (χ0) is 14.6. The highest BCUT2D eigenvalue weighted by atomic mass is 16.2. The molecule has 108 valence electrons. The van der Waals surface area contributed by atoms with Crippen LogP contribution in [0.4, 0.5) is 4.79 Å². The molecule has 1 unspecified atom stereocenters. The van der Waals surface area contributed by atoms with Crippen LogP contribution in [0.15, 0.2) is 24.3 Å². The lowest BCUT2D eigenvalue weighted by molar-refractivity contribution is -0.159. The van der Waals surface area contributed by atoms with Gasteiger partial charge < -0.3 is 0 Å². The normalized spacial score (nSPS) is 26.6. The second-order valence-electron chi connectivity index (χ2n) is 6.12. The quantitative estimate of drug-likeness (QED) is 0.801. The Hall–Kier alpha value is -2.17. The first kappa shape index (κ1) is 12.6. The standard InChI is InChI=1S/C16H16N2O3/c19-13-16(8-3-9-16)14(20)18(15(21)17-13)12-7-6-10-4-1-2-5-11(10)12/h1-2,4-5,12H,3,6-9H2,(H,17,19,21). The van der Waals surface area contributed by atoms with Crippen molar-refractivity contribution in [3.63, 3.8) is 0 Å². The third-order valence-corrected chi connectivity index (χ3v) is 5.12. The molecule has 5 nitrogen and oxygen atoms in total. The van der Waals surface area contributed by atoms with Gasteiger partial charge in [0.1, 0.15) is 5.41 Å². The summed E-state index contributed by atoms with van der Waals surface area (Å²) in [6.07, 6.45) is 3.57. The molecule has 0 radical (unpaired) electrons. The molecule has 4 amide bonds. The minimum Gasteiger partial charge on any atom is -0.277 e. The Bertz CT molecular complexity index is 663. The van der Waals surface area contributed by atoms with Crippen molar-refractivity contribution in [2.45, 2.75) is 38.1 Å². The van der Waals surface area contributed by atoms with Gasteiger partial charge in [-0.3, -0.25) is 19.8 Å². The van der Waals surface area contributed by atoms with Gasteiger partial charge >= 0.3 is 6.03 Å². The van der Waals surface area contributed by atoms with Crippen molar-refractivity contribution in [3.05, 3.63) is 35.4 Å². The third kappa shape index (κ3) is 1.54. The summed E-state index contributed by atoms with van der Waals surface area (Å²) in [7, 11) is 0. The summed E-state index contributed by atoms with van der Waals surface area (Å²) < 4.78 is 0. The molecule has 1 aromatic rings. The lowest BCUT2D eigenvalue weighted by Crippen LogP contribution is -2.66. The van der Waals surface area contributed by atoms with E-state index in [-0.39, 0.29) is 11.9 Å². The number of hydrogen-bond donors (Lipinski definition) is 1. The second kappa shape index (κ2) is 4.16. The number of aryl methyl sites for hydroxylation is 1. The Morgan fingerprint density at radius 1 is 1.14 bits per heavy atom. The van der Waals surface area contributed by atoms with Crippen LogP contribution in [0, 0.1) is 5.41 Å². The number of benzene rings is 1. The number of carbonyl (C=O) groups is 3. The van der Waals surface area contributed by atoms with Crippen molar-refractivity contribution in [2.24, 2.45) is 5.41 Å². The molecule has 4 rings (SSSR count). The maximum Gasteiger partial charge on any atom is 0.331 e. The minimum absolute atomic E-state index is 0.237. The van der Waals surface area contributed by atoms with Crippen LogP contribution in [0.2, 0.25) is 0 Å². The van der Waals surface area contributed by atoms with E-state index in [1.54, 1.807) is 0 Å². The van der Waals surface area contributed by atoms with E-state index in [0.29, 0.717) is 12.8 Å². The fraction of sp³-hybridized carbons (Fsp3) is 0.438. The Morgan fingerprint density at radius 3 is 2.62 bits per heavy atom. The van der Waals surface area contributed by atoms with Crippen LogP contribution in [-0.2, 0) is 16.0 Å². The molecule has 1 atom stereocenters. The Labute approximate surface area is 122 Å². The molecular formula is C16H16N2O3. The number of nitrogens with one attached hydrogen (secondary N) is 1. The molecule has 0 aromatic heterocycles. The molecule has 1 saturated heterocycles. The van der Waals surface area contributed by atoms with Crippen molar-refractivity contribution < 1.29 is 14.4 Å². The van der Waals surface area contributed by atoms with Crippen LogP contribution < -0.4 is 5.32 Å². The zero-order valence-corrected chi connectivity index (χ0v) is 11.6. The van der Waals surface area contributed by atoms with Crippen molar-refractivity contribution in [2.75, 3.05) is 0 Å². The predicted molar refractivity (Wildman–Crippen MR) is 74.2 cm³/mol. The van der Waals surface area contributed by atoms with Gasteiger partial charge in [0.2, 0.25) is 11.8 Å². The van der Waals surface area contributed by atoms with E-state index in [1.165, 1.54) is 10.5 Å². The number of carbonyl (C=O) groups excluding carboxylic acids is 3. The molecule has 1 saturated carbocycles. The first-order valence-corrected chi connectivity index (χ1v) is 7.40. The maximum atomic E-state index is 12.8. The Morgan fingerprint density at radius 2 is 1.90 bits per heavy atom. The van der Waals surface area contributed by atoms with Gasteiger partial charge in [0, 0.05) is 0 Å². The largest absolute Gasteiger partial charge is 0.331 e. The number of rotatable bonds is 1. The molecule has 1 aromatic carbocycles. The number of nitrogens with zero attached hydrogens (tertiary/aromatic N) is 1. The Balaban J connectivity index is 1.73. The average molecular weight is 284 g/mol. The van der Waals surface area contributed by atoms with E-state index < -0.39 is 17.4 Å². The number of imide groups is 2. The number of barbiturate groups is 1. The fourth-order valence-corrected chi connectivity index (χ4v) is 3.75. The van der Waals surface area contributed by atoms with Crippen LogP contribution in [0.5, 0.6) is 0 Å². The smallest absolute Gasteiger partial charge is 0.277 e. The van der Waals surface area contributed by atoms with Gasteiger partial charge in [0.25, 0.3) is 0 Å². The molecule has 1 N–H and O–H groups in total. The third-order valence-electron chi connectivity index (χ3n) is 5.12. The topological polar surface area (TPSA) is 66.5 Å². The molecule has 1 spiro atoms. The summed E-state index contributed by atoms with van der Waals surface area (Å²) >= 11 is 0. The first-order chi connectivity index (χ1) is 10.1. The molecule has 0 bridgehead atoms. The number of amides is 4. The van der Waals surface area contributed by atoms with Crippen LogP contribution >= 0.6 is 0 Å². The molecule has 3 aliphatic rings. The highest BCUT2D eigenvalue weighted by Crippen LogP contribution is 2.47. The molecule has 1 aliphatic heterocycles. The number of urea groups is 1. The van der Waals surface area contributed by atoms with E-state index in [4.69, 9.17) is 0 Å². The molecule has 1 heterocycles. The average Bonchev–Trinajstić information content (AvgIpc) is 2.81. The van der Waals surface area contributed by atoms with Crippen molar-refractivity contribution in [1.82, 2.24) is 10.2 Å². The van der Waals surface area contributed by atoms with Gasteiger partial charge in [-0.05, 0) is 36.8 Å². The van der Waals surface area contributed by atoms with Gasteiger partial charge in [-0.1, -0.05) is 30.7 Å². The van der Waals surface area contributed by atoms with E-state index in [0.717, 1.165) is 24.8 Å². The molecule has 5 heteroatoms. The molecule has 2 fully saturated rings. The van der Waals surface area contributed by atoms with Crippen LogP contribution in [0.1, 0.15) is 42.9 Å². The van der Waals surface area contributed by atoms with E-state index >= 15 is 0 Å². The van der Waals surface area contributed by atoms with E-state index in [2.05, 4.69) is 5.32 Å². The summed E-state index contributed by atoms with van der Waals surface area (Å²) in [4.78, 5) is 38.3. The first-order valence-electron chi connectivity index (χ1n) is 7.40. The lowest BCUT2D eigenvalue weighted by Gasteiger charge is -2.46.